The van der Waals surface area contributed by atoms with Gasteiger partial charge in [0.05, 0.1) is 14.1 Å². The van der Waals surface area contributed by atoms with Crippen molar-refractivity contribution < 1.29 is 40.5 Å². The average Bonchev–Trinajstić information content (AvgIpc) is 2.69. The van der Waals surface area contributed by atoms with Crippen LogP contribution in [-0.4, -0.2) is 56.8 Å². The number of quaternary nitrogens is 1. The number of nitrogens with zero attached hydrogens (tertiary/aromatic N) is 1. The molecule has 0 aromatic rings. The number of carbonyl (C=O) groups excluding carboxylic acids is 2. The predicted molar refractivity (Wildman–Crippen MR) is 128 cm³/mol. The van der Waals surface area contributed by atoms with Crippen LogP contribution in [0.3, 0.4) is 0 Å². The minimum Gasteiger partial charge on any atom is -1.00 e. The first kappa shape index (κ1) is 32.5. The van der Waals surface area contributed by atoms with Crippen molar-refractivity contribution >= 4 is 11.9 Å². The summed E-state index contributed by atoms with van der Waals surface area (Å²) in [7, 11) is 3.64. The highest BCUT2D eigenvalue weighted by Crippen LogP contribution is 2.10. The lowest BCUT2D eigenvalue weighted by atomic mass is 10.1. The van der Waals surface area contributed by atoms with Gasteiger partial charge in [-0.2, -0.15) is 0 Å². The van der Waals surface area contributed by atoms with Crippen molar-refractivity contribution in [1.82, 2.24) is 0 Å². The minimum atomic E-state index is -0.322. The molecule has 184 valence electrons. The molecule has 0 saturated heterocycles. The molecule has 6 heteroatoms. The van der Waals surface area contributed by atoms with Gasteiger partial charge in [-0.25, -0.2) is 9.59 Å². The van der Waals surface area contributed by atoms with Crippen LogP contribution < -0.4 is 17.0 Å². The zero-order valence-electron chi connectivity index (χ0n) is 21.0. The normalized spacial score (nSPS) is 14.1. The van der Waals surface area contributed by atoms with Crippen molar-refractivity contribution in [3.63, 3.8) is 0 Å². The molecule has 0 spiro atoms. The number of rotatable bonds is 16. The van der Waals surface area contributed by atoms with Crippen molar-refractivity contribution in [2.24, 2.45) is 11.8 Å². The standard InChI is InChI=1S/C26H44NO4.BrH/c1-9-21(3)13-11-15-23(5)19-30-25(28)17-27(7,8)18-26(29)31-20-24(6)16-12-14-22(4)10-2;/h9-10,15-16,21-22H,1-2,11-14,17-20H2,3-8H3;1H/q+1;/p-1. The highest BCUT2D eigenvalue weighted by molar-refractivity contribution is 5.73. The Morgan fingerprint density at radius 1 is 0.812 bits per heavy atom. The topological polar surface area (TPSA) is 52.6 Å². The third-order valence-corrected chi connectivity index (χ3v) is 5.07. The SMILES string of the molecule is C=CC(C)CCC=C(C)COC(=O)C[N+](C)(C)CC(=O)OCC(C)=CCCC(C)C=C.[Br-]. The number of carbonyl (C=O) groups is 2. The molecule has 0 aliphatic rings. The van der Waals surface area contributed by atoms with E-state index in [0.29, 0.717) is 11.8 Å². The lowest BCUT2D eigenvalue weighted by Crippen LogP contribution is -3.00. The van der Waals surface area contributed by atoms with E-state index in [1.54, 1.807) is 0 Å². The van der Waals surface area contributed by atoms with Gasteiger partial charge in [0.15, 0.2) is 13.1 Å². The van der Waals surface area contributed by atoms with E-state index in [2.05, 4.69) is 39.2 Å². The Bertz CT molecular complexity index is 598. The molecular weight excluding hydrogens is 470 g/mol. The molecule has 0 aromatic carbocycles. The van der Waals surface area contributed by atoms with Crippen LogP contribution in [0.1, 0.15) is 53.4 Å². The van der Waals surface area contributed by atoms with Crippen molar-refractivity contribution in [3.8, 4) is 0 Å². The third kappa shape index (κ3) is 18.0. The van der Waals surface area contributed by atoms with Gasteiger partial charge in [-0.3, -0.25) is 0 Å². The van der Waals surface area contributed by atoms with Gasteiger partial charge in [-0.05, 0) is 62.5 Å². The first-order chi connectivity index (χ1) is 14.5. The maximum Gasteiger partial charge on any atom is 0.362 e. The van der Waals surface area contributed by atoms with Crippen LogP contribution in [0, 0.1) is 11.8 Å². The van der Waals surface area contributed by atoms with Gasteiger partial charge in [0.1, 0.15) is 13.2 Å². The van der Waals surface area contributed by atoms with Crippen LogP contribution in [0.25, 0.3) is 0 Å². The lowest BCUT2D eigenvalue weighted by Gasteiger charge is -2.27. The van der Waals surface area contributed by atoms with Gasteiger partial charge in [0, 0.05) is 0 Å². The highest BCUT2D eigenvalue weighted by atomic mass is 79.9. The summed E-state index contributed by atoms with van der Waals surface area (Å²) in [4.78, 5) is 24.4. The number of ether oxygens (including phenoxy) is 2. The van der Waals surface area contributed by atoms with E-state index in [1.165, 1.54) is 0 Å². The molecule has 5 nitrogen and oxygen atoms in total. The summed E-state index contributed by atoms with van der Waals surface area (Å²) in [6.45, 7) is 16.5. The van der Waals surface area contributed by atoms with Crippen LogP contribution in [0.15, 0.2) is 48.6 Å². The van der Waals surface area contributed by atoms with Crippen LogP contribution >= 0.6 is 0 Å². The molecule has 0 aromatic heterocycles. The molecule has 0 heterocycles. The maximum atomic E-state index is 12.2. The van der Waals surface area contributed by atoms with E-state index in [0.717, 1.165) is 36.8 Å². The molecule has 0 bridgehead atoms. The van der Waals surface area contributed by atoms with Crippen LogP contribution in [-0.2, 0) is 19.1 Å². The molecule has 0 fully saturated rings. The van der Waals surface area contributed by atoms with Gasteiger partial charge >= 0.3 is 11.9 Å². The Balaban J connectivity index is 0. The average molecular weight is 515 g/mol. The van der Waals surface area contributed by atoms with Crippen molar-refractivity contribution in [2.45, 2.75) is 53.4 Å². The predicted octanol–water partition coefficient (Wildman–Crippen LogP) is 2.25. The second-order valence-corrected chi connectivity index (χ2v) is 9.25. The smallest absolute Gasteiger partial charge is 0.362 e. The Morgan fingerprint density at radius 2 is 1.16 bits per heavy atom. The molecule has 2 unspecified atom stereocenters. The van der Waals surface area contributed by atoms with E-state index in [-0.39, 0.29) is 59.7 Å². The summed E-state index contributed by atoms with van der Waals surface area (Å²) in [6, 6.07) is 0. The molecule has 0 aliphatic heterocycles. The van der Waals surface area contributed by atoms with Crippen molar-refractivity contribution in [3.05, 3.63) is 48.6 Å². The van der Waals surface area contributed by atoms with E-state index in [9.17, 15) is 9.59 Å². The molecule has 32 heavy (non-hydrogen) atoms. The summed E-state index contributed by atoms with van der Waals surface area (Å²) < 4.78 is 10.9. The quantitative estimate of drug-likeness (QED) is 0.180. The lowest BCUT2D eigenvalue weighted by molar-refractivity contribution is -0.875. The van der Waals surface area contributed by atoms with Crippen molar-refractivity contribution in [1.29, 1.82) is 0 Å². The number of likely N-dealkylation sites (N-methyl/N-ethyl adjacent to an activating group) is 1. The fourth-order valence-electron chi connectivity index (χ4n) is 2.77. The summed E-state index contributed by atoms with van der Waals surface area (Å²) in [5, 5.41) is 0. The van der Waals surface area contributed by atoms with Crippen LogP contribution in [0.4, 0.5) is 0 Å². The summed E-state index contributed by atoms with van der Waals surface area (Å²) in [5.74, 6) is 0.309. The van der Waals surface area contributed by atoms with E-state index < -0.39 is 0 Å². The highest BCUT2D eigenvalue weighted by Gasteiger charge is 2.25. The minimum absolute atomic E-state index is 0. The number of hydrogen-bond donors (Lipinski definition) is 0. The van der Waals surface area contributed by atoms with Gasteiger partial charge < -0.3 is 30.9 Å². The van der Waals surface area contributed by atoms with Crippen molar-refractivity contribution in [2.75, 3.05) is 40.4 Å². The third-order valence-electron chi connectivity index (χ3n) is 5.07. The fourth-order valence-corrected chi connectivity index (χ4v) is 2.77. The van der Waals surface area contributed by atoms with E-state index >= 15 is 0 Å². The molecule has 0 amide bonds. The Morgan fingerprint density at radius 3 is 1.47 bits per heavy atom. The molecule has 2 atom stereocenters. The number of hydrogen-bond acceptors (Lipinski definition) is 4. The van der Waals surface area contributed by atoms with Gasteiger partial charge in [0.25, 0.3) is 0 Å². The summed E-state index contributed by atoms with van der Waals surface area (Å²) in [5.41, 5.74) is 2.05. The Labute approximate surface area is 206 Å². The molecule has 0 radical (unpaired) electrons. The molecule has 0 aliphatic carbocycles. The second kappa shape index (κ2) is 17.8. The van der Waals surface area contributed by atoms with Gasteiger partial charge in [0.2, 0.25) is 0 Å². The monoisotopic (exact) mass is 513 g/mol. The molecular formula is C26H44BrNO4. The van der Waals surface area contributed by atoms with Crippen LogP contribution in [0.5, 0.6) is 0 Å². The summed E-state index contributed by atoms with van der Waals surface area (Å²) in [6.07, 6.45) is 12.0. The Hall–Kier alpha value is -1.66. The summed E-state index contributed by atoms with van der Waals surface area (Å²) >= 11 is 0. The zero-order chi connectivity index (χ0) is 23.9. The molecule has 0 saturated carbocycles. The zero-order valence-corrected chi connectivity index (χ0v) is 22.6. The fraction of sp³-hybridized carbons (Fsp3) is 0.615. The Kier molecular flexibility index (Phi) is 18.1. The first-order valence-corrected chi connectivity index (χ1v) is 11.2. The molecule has 0 rings (SSSR count). The van der Waals surface area contributed by atoms with E-state index in [4.69, 9.17) is 9.47 Å². The van der Waals surface area contributed by atoms with Gasteiger partial charge in [-0.15, -0.1) is 13.2 Å². The molecule has 0 N–H and O–H groups in total. The first-order valence-electron chi connectivity index (χ1n) is 11.2. The number of halogens is 1. The van der Waals surface area contributed by atoms with Crippen LogP contribution in [0.2, 0.25) is 0 Å². The number of allylic oxidation sites excluding steroid dienone is 4. The maximum absolute atomic E-state index is 12.2. The largest absolute Gasteiger partial charge is 1.00 e. The van der Waals surface area contributed by atoms with E-state index in [1.807, 2.05) is 40.1 Å². The van der Waals surface area contributed by atoms with Gasteiger partial charge in [-0.1, -0.05) is 38.2 Å². The number of esters is 2. The second-order valence-electron chi connectivity index (χ2n) is 9.25.